The van der Waals surface area contributed by atoms with Gasteiger partial charge in [0.1, 0.15) is 17.1 Å². The lowest BCUT2D eigenvalue weighted by Crippen LogP contribution is -2.42. The first-order valence-electron chi connectivity index (χ1n) is 10.0. The molecule has 0 bridgehead atoms. The average Bonchev–Trinajstić information content (AvgIpc) is 3.12. The molecule has 1 amide bonds. The molecular weight excluding hydrogens is 361 g/mol. The second-order valence-corrected chi connectivity index (χ2v) is 7.88. The van der Waals surface area contributed by atoms with Gasteiger partial charge < -0.3 is 15.0 Å². The van der Waals surface area contributed by atoms with E-state index in [1.165, 1.54) is 16.7 Å². The van der Waals surface area contributed by atoms with Gasteiger partial charge in [-0.3, -0.25) is 14.5 Å². The van der Waals surface area contributed by atoms with Crippen molar-refractivity contribution in [2.24, 2.45) is 0 Å². The molecule has 4 rings (SSSR count). The number of nitrogens with zero attached hydrogens (tertiary/aromatic N) is 2. The number of carbonyl (C=O) groups excluding carboxylic acids is 1. The molecule has 0 radical (unpaired) electrons. The zero-order valence-corrected chi connectivity index (χ0v) is 16.3. The van der Waals surface area contributed by atoms with Gasteiger partial charge in [-0.1, -0.05) is 6.92 Å². The minimum Gasteiger partial charge on any atom is -0.506 e. The molecule has 150 valence electrons. The zero-order valence-electron chi connectivity index (χ0n) is 16.3. The van der Waals surface area contributed by atoms with Gasteiger partial charge in [0.15, 0.2) is 0 Å². The summed E-state index contributed by atoms with van der Waals surface area (Å²) >= 11 is 0. The van der Waals surface area contributed by atoms with E-state index in [4.69, 9.17) is 0 Å². The van der Waals surface area contributed by atoms with E-state index in [-0.39, 0.29) is 23.0 Å². The van der Waals surface area contributed by atoms with E-state index in [2.05, 4.69) is 17.1 Å². The summed E-state index contributed by atoms with van der Waals surface area (Å²) in [5.41, 5.74) is 0.421. The summed E-state index contributed by atoms with van der Waals surface area (Å²) in [4.78, 5) is 28.3. The van der Waals surface area contributed by atoms with E-state index in [9.17, 15) is 19.1 Å². The monoisotopic (exact) mass is 387 g/mol. The SMILES string of the molecule is CCN1CCC[C@H]1CNC(=O)c1c(O)c2cc(F)cc3c2n(c1=O)[C@@H](C)CC3. The van der Waals surface area contributed by atoms with E-state index in [1.807, 2.05) is 6.92 Å². The molecule has 3 heterocycles. The quantitative estimate of drug-likeness (QED) is 0.846. The lowest BCUT2D eigenvalue weighted by atomic mass is 9.95. The van der Waals surface area contributed by atoms with Crippen LogP contribution in [0.5, 0.6) is 5.75 Å². The lowest BCUT2D eigenvalue weighted by Gasteiger charge is -2.27. The molecule has 2 aromatic rings. The van der Waals surface area contributed by atoms with Gasteiger partial charge in [-0.2, -0.15) is 0 Å². The molecule has 1 aromatic heterocycles. The predicted molar refractivity (Wildman–Crippen MR) is 105 cm³/mol. The topological polar surface area (TPSA) is 74.6 Å². The number of likely N-dealkylation sites (N-methyl/N-ethyl adjacent to an activating group) is 1. The molecule has 7 heteroatoms. The first-order chi connectivity index (χ1) is 13.4. The van der Waals surface area contributed by atoms with E-state index >= 15 is 0 Å². The van der Waals surface area contributed by atoms with Crippen molar-refractivity contribution >= 4 is 16.8 Å². The number of aryl methyl sites for hydroxylation is 1. The van der Waals surface area contributed by atoms with Gasteiger partial charge in [0.25, 0.3) is 11.5 Å². The maximum absolute atomic E-state index is 14.1. The Morgan fingerprint density at radius 3 is 2.89 bits per heavy atom. The molecule has 0 saturated carbocycles. The van der Waals surface area contributed by atoms with Crippen molar-refractivity contribution in [3.63, 3.8) is 0 Å². The molecule has 1 saturated heterocycles. The molecule has 0 aliphatic carbocycles. The molecule has 2 atom stereocenters. The minimum absolute atomic E-state index is 0.120. The van der Waals surface area contributed by atoms with Crippen molar-refractivity contribution in [1.29, 1.82) is 0 Å². The molecule has 2 N–H and O–H groups in total. The van der Waals surface area contributed by atoms with Gasteiger partial charge in [0, 0.05) is 24.0 Å². The zero-order chi connectivity index (χ0) is 20.0. The number of aromatic hydroxyl groups is 1. The van der Waals surface area contributed by atoms with Crippen molar-refractivity contribution in [3.8, 4) is 5.75 Å². The van der Waals surface area contributed by atoms with Crippen molar-refractivity contribution in [2.75, 3.05) is 19.6 Å². The van der Waals surface area contributed by atoms with Crippen molar-refractivity contribution in [3.05, 3.63) is 39.4 Å². The van der Waals surface area contributed by atoms with Crippen LogP contribution in [0.4, 0.5) is 4.39 Å². The number of nitrogens with one attached hydrogen (secondary N) is 1. The Morgan fingerprint density at radius 2 is 2.14 bits per heavy atom. The second kappa shape index (κ2) is 7.20. The van der Waals surface area contributed by atoms with Gasteiger partial charge in [-0.15, -0.1) is 0 Å². The summed E-state index contributed by atoms with van der Waals surface area (Å²) in [7, 11) is 0. The van der Waals surface area contributed by atoms with Gasteiger partial charge in [0.05, 0.1) is 5.52 Å². The van der Waals surface area contributed by atoms with Gasteiger partial charge >= 0.3 is 0 Å². The Kier molecular flexibility index (Phi) is 4.87. The highest BCUT2D eigenvalue weighted by Gasteiger charge is 2.29. The van der Waals surface area contributed by atoms with Crippen molar-refractivity contribution in [2.45, 2.75) is 51.6 Å². The van der Waals surface area contributed by atoms with Crippen LogP contribution < -0.4 is 10.9 Å². The normalized spacial score (nSPS) is 22.0. The molecule has 2 aliphatic rings. The summed E-state index contributed by atoms with van der Waals surface area (Å²) < 4.78 is 15.6. The summed E-state index contributed by atoms with van der Waals surface area (Å²) in [6.45, 7) is 6.33. The minimum atomic E-state index is -0.598. The number of benzene rings is 1. The first-order valence-corrected chi connectivity index (χ1v) is 10.0. The Labute approximate surface area is 163 Å². The van der Waals surface area contributed by atoms with Crippen molar-refractivity contribution < 1.29 is 14.3 Å². The number of hydrogen-bond donors (Lipinski definition) is 2. The largest absolute Gasteiger partial charge is 0.506 e. The van der Waals surface area contributed by atoms with Gasteiger partial charge in [0.2, 0.25) is 0 Å². The Balaban J connectivity index is 1.75. The van der Waals surface area contributed by atoms with Crippen LogP contribution >= 0.6 is 0 Å². The van der Waals surface area contributed by atoms with Crippen LogP contribution in [-0.4, -0.2) is 46.2 Å². The van der Waals surface area contributed by atoms with E-state index < -0.39 is 23.0 Å². The van der Waals surface area contributed by atoms with Crippen molar-refractivity contribution in [1.82, 2.24) is 14.8 Å². The maximum Gasteiger partial charge on any atom is 0.267 e. The Morgan fingerprint density at radius 1 is 1.36 bits per heavy atom. The van der Waals surface area contributed by atoms with Gasteiger partial charge in [-0.05, 0) is 63.4 Å². The highest BCUT2D eigenvalue weighted by Crippen LogP contribution is 2.35. The number of halogens is 1. The van der Waals surface area contributed by atoms with Crippen LogP contribution in [0.1, 0.15) is 55.1 Å². The van der Waals surface area contributed by atoms with E-state index in [0.29, 0.717) is 30.5 Å². The third-order valence-electron chi connectivity index (χ3n) is 6.22. The number of pyridine rings is 1. The molecular formula is C21H26FN3O3. The summed E-state index contributed by atoms with van der Waals surface area (Å²) in [6.07, 6.45) is 3.40. The van der Waals surface area contributed by atoms with Gasteiger partial charge in [-0.25, -0.2) is 4.39 Å². The summed E-state index contributed by atoms with van der Waals surface area (Å²) in [6, 6.07) is 2.73. The third kappa shape index (κ3) is 2.98. The lowest BCUT2D eigenvalue weighted by molar-refractivity contribution is 0.0936. The number of likely N-dealkylation sites (tertiary alicyclic amines) is 1. The molecule has 6 nitrogen and oxygen atoms in total. The Hall–Kier alpha value is -2.41. The predicted octanol–water partition coefficient (Wildman–Crippen LogP) is 2.57. The second-order valence-electron chi connectivity index (χ2n) is 7.88. The number of hydrogen-bond acceptors (Lipinski definition) is 4. The standard InChI is InChI=1S/C21H26FN3O3/c1-3-24-8-4-5-15(24)11-23-20(27)17-19(26)16-10-14(22)9-13-7-6-12(2)25(18(13)16)21(17)28/h9-10,12,15,26H,3-8,11H2,1-2H3,(H,23,27)/t12-,15-/m0/s1. The van der Waals surface area contributed by atoms with Crippen LogP contribution in [0, 0.1) is 5.82 Å². The number of rotatable bonds is 4. The maximum atomic E-state index is 14.1. The summed E-state index contributed by atoms with van der Waals surface area (Å²) in [5.74, 6) is -1.50. The molecule has 0 spiro atoms. The fourth-order valence-corrected chi connectivity index (χ4v) is 4.73. The van der Waals surface area contributed by atoms with Crippen LogP contribution in [0.15, 0.2) is 16.9 Å². The molecule has 0 unspecified atom stereocenters. The summed E-state index contributed by atoms with van der Waals surface area (Å²) in [5, 5.41) is 13.8. The Bertz CT molecular complexity index is 1000. The van der Waals surface area contributed by atoms with Crippen LogP contribution in [0.25, 0.3) is 10.9 Å². The van der Waals surface area contributed by atoms with Crippen LogP contribution in [0.3, 0.4) is 0 Å². The van der Waals surface area contributed by atoms with Crippen LogP contribution in [0.2, 0.25) is 0 Å². The van der Waals surface area contributed by atoms with E-state index in [1.54, 1.807) is 0 Å². The van der Waals surface area contributed by atoms with E-state index in [0.717, 1.165) is 25.9 Å². The highest BCUT2D eigenvalue weighted by molar-refractivity contribution is 6.03. The average molecular weight is 387 g/mol. The molecule has 1 aromatic carbocycles. The first kappa shape index (κ1) is 18.9. The highest BCUT2D eigenvalue weighted by atomic mass is 19.1. The fourth-order valence-electron chi connectivity index (χ4n) is 4.73. The van der Waals surface area contributed by atoms with Crippen LogP contribution in [-0.2, 0) is 6.42 Å². The fraction of sp³-hybridized carbons (Fsp3) is 0.524. The number of amides is 1. The molecule has 2 aliphatic heterocycles. The molecule has 1 fully saturated rings. The third-order valence-corrected chi connectivity index (χ3v) is 6.22. The number of carbonyl (C=O) groups is 1. The molecule has 28 heavy (non-hydrogen) atoms. The smallest absolute Gasteiger partial charge is 0.267 e. The number of aromatic nitrogens is 1.